The minimum Gasteiger partial charge on any atom is -0.493 e. The molecule has 168 valence electrons. The summed E-state index contributed by atoms with van der Waals surface area (Å²) in [5.41, 5.74) is 3.72. The Morgan fingerprint density at radius 2 is 1.88 bits per heavy atom. The van der Waals surface area contributed by atoms with E-state index in [1.165, 1.54) is 13.3 Å². The highest BCUT2D eigenvalue weighted by molar-refractivity contribution is 6.08. The molecule has 1 amide bonds. The van der Waals surface area contributed by atoms with E-state index in [-0.39, 0.29) is 19.0 Å². The third kappa shape index (κ3) is 4.95. The van der Waals surface area contributed by atoms with Gasteiger partial charge in [0.1, 0.15) is 5.58 Å². The molecule has 0 spiro atoms. The van der Waals surface area contributed by atoms with Gasteiger partial charge >= 0.3 is 11.9 Å². The summed E-state index contributed by atoms with van der Waals surface area (Å²) >= 11 is 0. The van der Waals surface area contributed by atoms with Crippen LogP contribution in [0.25, 0.3) is 21.7 Å². The van der Waals surface area contributed by atoms with Crippen LogP contribution in [0.5, 0.6) is 11.5 Å². The summed E-state index contributed by atoms with van der Waals surface area (Å²) in [7, 11) is 1.50. The van der Waals surface area contributed by atoms with Crippen LogP contribution in [0, 0.1) is 0 Å². The molecule has 1 N–H and O–H groups in total. The zero-order valence-corrected chi connectivity index (χ0v) is 18.2. The number of carbonyl (C=O) groups is 2. The summed E-state index contributed by atoms with van der Waals surface area (Å²) in [5.74, 6) is 0.00926. The van der Waals surface area contributed by atoms with E-state index in [1.54, 1.807) is 31.2 Å². The van der Waals surface area contributed by atoms with Crippen LogP contribution in [0.1, 0.15) is 23.0 Å². The zero-order chi connectivity index (χ0) is 23.2. The van der Waals surface area contributed by atoms with Crippen LogP contribution in [0.4, 0.5) is 0 Å². The first kappa shape index (κ1) is 21.9. The lowest BCUT2D eigenvalue weighted by Crippen LogP contribution is -2.16. The molecule has 0 radical (unpaired) electrons. The summed E-state index contributed by atoms with van der Waals surface area (Å²) < 4.78 is 21.3. The molecule has 0 aliphatic heterocycles. The summed E-state index contributed by atoms with van der Waals surface area (Å²) in [5, 5.41) is 6.94. The van der Waals surface area contributed by atoms with Crippen molar-refractivity contribution in [1.29, 1.82) is 0 Å². The molecule has 4 rings (SSSR count). The molecule has 4 aromatic rings. The van der Waals surface area contributed by atoms with E-state index in [2.05, 4.69) is 10.5 Å². The Morgan fingerprint density at radius 1 is 1.03 bits per heavy atom. The van der Waals surface area contributed by atoms with Gasteiger partial charge in [0, 0.05) is 5.39 Å². The summed E-state index contributed by atoms with van der Waals surface area (Å²) in [4.78, 5) is 24.1. The SMILES string of the molecule is CCOC(=O)COc1cc(/C=N/NC(=O)c2cc3c(ccc4ccccc43)o2)ccc1OC. The lowest BCUT2D eigenvalue weighted by atomic mass is 10.1. The highest BCUT2D eigenvalue weighted by atomic mass is 16.6. The molecule has 8 nitrogen and oxygen atoms in total. The number of fused-ring (bicyclic) bond motifs is 3. The number of ether oxygens (including phenoxy) is 3. The fourth-order valence-corrected chi connectivity index (χ4v) is 3.35. The molecule has 3 aromatic carbocycles. The Balaban J connectivity index is 1.46. The Morgan fingerprint density at radius 3 is 2.70 bits per heavy atom. The van der Waals surface area contributed by atoms with Crippen LogP contribution < -0.4 is 14.9 Å². The van der Waals surface area contributed by atoms with E-state index in [9.17, 15) is 9.59 Å². The molecule has 0 atom stereocenters. The van der Waals surface area contributed by atoms with E-state index in [0.717, 1.165) is 16.2 Å². The summed E-state index contributed by atoms with van der Waals surface area (Å²) in [6, 6.07) is 18.4. The highest BCUT2D eigenvalue weighted by Gasteiger charge is 2.14. The molecule has 0 fully saturated rings. The molecule has 1 aromatic heterocycles. The molecule has 8 heteroatoms. The fraction of sp³-hybridized carbons (Fsp3) is 0.160. The number of methoxy groups -OCH3 is 1. The number of rotatable bonds is 8. The number of hydrogen-bond acceptors (Lipinski definition) is 7. The van der Waals surface area contributed by atoms with Crippen molar-refractivity contribution < 1.29 is 28.2 Å². The first-order valence-corrected chi connectivity index (χ1v) is 10.3. The van der Waals surface area contributed by atoms with E-state index >= 15 is 0 Å². The average molecular weight is 446 g/mol. The molecule has 0 saturated carbocycles. The summed E-state index contributed by atoms with van der Waals surface area (Å²) in [6.45, 7) is 1.74. The van der Waals surface area contributed by atoms with Crippen LogP contribution in [-0.4, -0.2) is 38.4 Å². The van der Waals surface area contributed by atoms with Gasteiger partial charge in [-0.1, -0.05) is 30.3 Å². The van der Waals surface area contributed by atoms with Crippen molar-refractivity contribution in [2.45, 2.75) is 6.92 Å². The quantitative estimate of drug-likeness (QED) is 0.246. The number of amides is 1. The van der Waals surface area contributed by atoms with Crippen LogP contribution in [-0.2, 0) is 9.53 Å². The Hall–Kier alpha value is -4.33. The van der Waals surface area contributed by atoms with Crippen molar-refractivity contribution in [3.05, 3.63) is 72.0 Å². The number of nitrogens with zero attached hydrogens (tertiary/aromatic N) is 1. The van der Waals surface area contributed by atoms with Crippen LogP contribution in [0.3, 0.4) is 0 Å². The molecule has 0 saturated heterocycles. The molecule has 33 heavy (non-hydrogen) atoms. The van der Waals surface area contributed by atoms with Gasteiger partial charge in [-0.25, -0.2) is 10.2 Å². The first-order valence-electron chi connectivity index (χ1n) is 10.3. The Bertz CT molecular complexity index is 1340. The maximum atomic E-state index is 12.5. The maximum Gasteiger partial charge on any atom is 0.344 e. The third-order valence-corrected chi connectivity index (χ3v) is 4.87. The van der Waals surface area contributed by atoms with Gasteiger partial charge in [0.2, 0.25) is 0 Å². The number of hydrazone groups is 1. The predicted octanol–water partition coefficient (Wildman–Crippen LogP) is 4.30. The molecular formula is C25H22N2O6. The van der Waals surface area contributed by atoms with Gasteiger partial charge in [-0.2, -0.15) is 5.10 Å². The number of esters is 1. The van der Waals surface area contributed by atoms with Crippen LogP contribution >= 0.6 is 0 Å². The second-order valence-corrected chi connectivity index (χ2v) is 7.01. The highest BCUT2D eigenvalue weighted by Crippen LogP contribution is 2.29. The second kappa shape index (κ2) is 9.86. The first-order chi connectivity index (χ1) is 16.1. The van der Waals surface area contributed by atoms with E-state index in [1.807, 2.05) is 36.4 Å². The molecule has 0 unspecified atom stereocenters. The van der Waals surface area contributed by atoms with E-state index in [0.29, 0.717) is 22.6 Å². The number of nitrogens with one attached hydrogen (secondary N) is 1. The standard InChI is InChI=1S/C25H22N2O6/c1-3-31-24(28)15-32-22-12-16(8-10-21(22)30-2)14-26-27-25(29)23-13-19-18-7-5-4-6-17(18)9-11-20(19)33-23/h4-14H,3,15H2,1-2H3,(H,27,29)/b26-14+. The van der Waals surface area contributed by atoms with Crippen molar-refractivity contribution >= 4 is 39.8 Å². The third-order valence-electron chi connectivity index (χ3n) is 4.87. The maximum absolute atomic E-state index is 12.5. The summed E-state index contributed by atoms with van der Waals surface area (Å²) in [6.07, 6.45) is 1.45. The van der Waals surface area contributed by atoms with Crippen molar-refractivity contribution in [3.8, 4) is 11.5 Å². The minimum atomic E-state index is -0.482. The van der Waals surface area contributed by atoms with Gasteiger partial charge in [0.15, 0.2) is 23.9 Å². The molecular weight excluding hydrogens is 424 g/mol. The normalized spacial score (nSPS) is 11.1. The molecule has 1 heterocycles. The lowest BCUT2D eigenvalue weighted by molar-refractivity contribution is -0.145. The largest absolute Gasteiger partial charge is 0.493 e. The van der Waals surface area contributed by atoms with Crippen molar-refractivity contribution in [2.75, 3.05) is 20.3 Å². The Labute approximate surface area is 189 Å². The van der Waals surface area contributed by atoms with Crippen LogP contribution in [0.2, 0.25) is 0 Å². The second-order valence-electron chi connectivity index (χ2n) is 7.01. The average Bonchev–Trinajstić information content (AvgIpc) is 3.28. The number of benzene rings is 3. The zero-order valence-electron chi connectivity index (χ0n) is 18.2. The Kier molecular flexibility index (Phi) is 6.54. The number of carbonyl (C=O) groups excluding carboxylic acids is 2. The monoisotopic (exact) mass is 446 g/mol. The van der Waals surface area contributed by atoms with Gasteiger partial charge < -0.3 is 18.6 Å². The van der Waals surface area contributed by atoms with Crippen molar-refractivity contribution in [3.63, 3.8) is 0 Å². The minimum absolute atomic E-state index is 0.159. The van der Waals surface area contributed by atoms with Gasteiger partial charge in [0.25, 0.3) is 0 Å². The van der Waals surface area contributed by atoms with E-state index < -0.39 is 11.9 Å². The fourth-order valence-electron chi connectivity index (χ4n) is 3.35. The van der Waals surface area contributed by atoms with Crippen molar-refractivity contribution in [2.24, 2.45) is 5.10 Å². The molecule has 0 bridgehead atoms. The van der Waals surface area contributed by atoms with Crippen LogP contribution in [0.15, 0.2) is 70.2 Å². The smallest absolute Gasteiger partial charge is 0.344 e. The topological polar surface area (TPSA) is 99.4 Å². The van der Waals surface area contributed by atoms with Crippen molar-refractivity contribution in [1.82, 2.24) is 5.43 Å². The molecule has 0 aliphatic rings. The molecule has 0 aliphatic carbocycles. The van der Waals surface area contributed by atoms with Gasteiger partial charge in [0.05, 0.1) is 19.9 Å². The predicted molar refractivity (Wildman–Crippen MR) is 124 cm³/mol. The van der Waals surface area contributed by atoms with Gasteiger partial charge in [-0.3, -0.25) is 4.79 Å². The van der Waals surface area contributed by atoms with E-state index in [4.69, 9.17) is 18.6 Å². The van der Waals surface area contributed by atoms with Gasteiger partial charge in [-0.05, 0) is 53.6 Å². The number of furan rings is 1. The van der Waals surface area contributed by atoms with Gasteiger partial charge in [-0.15, -0.1) is 0 Å². The lowest BCUT2D eigenvalue weighted by Gasteiger charge is -2.10. The number of hydrogen-bond donors (Lipinski definition) is 1.